The molecule has 176 valence electrons. The fraction of sp³-hybridized carbons (Fsp3) is 0.625. The van der Waals surface area contributed by atoms with E-state index in [1.54, 1.807) is 65.8 Å². The van der Waals surface area contributed by atoms with Crippen LogP contribution in [0.1, 0.15) is 67.2 Å². The molecule has 1 saturated carbocycles. The van der Waals surface area contributed by atoms with Gasteiger partial charge in [0.05, 0.1) is 12.1 Å². The summed E-state index contributed by atoms with van der Waals surface area (Å²) in [4.78, 5) is 43.0. The van der Waals surface area contributed by atoms with E-state index < -0.39 is 35.5 Å². The number of carbonyl (C=O) groups excluding carboxylic acids is 3. The number of nitrogens with one attached hydrogen (secondary N) is 1. The van der Waals surface area contributed by atoms with Gasteiger partial charge in [0.1, 0.15) is 11.2 Å². The molecule has 8 nitrogen and oxygen atoms in total. The fourth-order valence-corrected chi connectivity index (χ4v) is 4.32. The molecule has 3 amide bonds. The second-order valence-corrected chi connectivity index (χ2v) is 10.4. The first-order chi connectivity index (χ1) is 14.9. The molecule has 0 aromatic heterocycles. The molecule has 1 aromatic rings. The molecule has 0 bridgehead atoms. The van der Waals surface area contributed by atoms with Gasteiger partial charge in [0.2, 0.25) is 0 Å². The van der Waals surface area contributed by atoms with Crippen LogP contribution >= 0.6 is 0 Å². The zero-order chi connectivity index (χ0) is 23.7. The third-order valence-electron chi connectivity index (χ3n) is 5.42. The third kappa shape index (κ3) is 5.53. The number of hydrogen-bond acceptors (Lipinski definition) is 5. The highest BCUT2D eigenvalue weighted by atomic mass is 16.6. The summed E-state index contributed by atoms with van der Waals surface area (Å²) >= 11 is 0. The molecule has 0 unspecified atom stereocenters. The van der Waals surface area contributed by atoms with Gasteiger partial charge in [-0.15, -0.1) is 0 Å². The molecule has 32 heavy (non-hydrogen) atoms. The molecule has 2 fully saturated rings. The molecule has 1 heterocycles. The van der Waals surface area contributed by atoms with Crippen LogP contribution in [0.5, 0.6) is 0 Å². The van der Waals surface area contributed by atoms with Crippen LogP contribution in [0.4, 0.5) is 15.3 Å². The van der Waals surface area contributed by atoms with Crippen molar-refractivity contribution in [3.8, 4) is 0 Å². The highest BCUT2D eigenvalue weighted by molar-refractivity contribution is 5.98. The van der Waals surface area contributed by atoms with Gasteiger partial charge in [-0.05, 0) is 66.5 Å². The number of para-hydroxylation sites is 1. The van der Waals surface area contributed by atoms with E-state index in [-0.39, 0.29) is 12.1 Å². The number of rotatable bonds is 2. The second kappa shape index (κ2) is 9.00. The Morgan fingerprint density at radius 2 is 1.25 bits per heavy atom. The topological polar surface area (TPSA) is 88.2 Å². The largest absolute Gasteiger partial charge is 0.444 e. The Hall–Kier alpha value is -2.77. The van der Waals surface area contributed by atoms with E-state index in [4.69, 9.17) is 9.47 Å². The molecule has 0 radical (unpaired) electrons. The van der Waals surface area contributed by atoms with E-state index in [1.165, 1.54) is 9.80 Å². The summed E-state index contributed by atoms with van der Waals surface area (Å²) in [5.41, 5.74) is -0.886. The van der Waals surface area contributed by atoms with Crippen LogP contribution in [0.3, 0.4) is 0 Å². The summed E-state index contributed by atoms with van der Waals surface area (Å²) in [5.74, 6) is -0.470. The highest BCUT2D eigenvalue weighted by Gasteiger charge is 2.56. The first-order valence-corrected chi connectivity index (χ1v) is 11.3. The lowest BCUT2D eigenvalue weighted by atomic mass is 9.90. The lowest BCUT2D eigenvalue weighted by Crippen LogP contribution is -2.54. The summed E-state index contributed by atoms with van der Waals surface area (Å²) in [7, 11) is 0. The van der Waals surface area contributed by atoms with Gasteiger partial charge in [-0.25, -0.2) is 9.59 Å². The number of ether oxygens (including phenoxy) is 2. The summed E-state index contributed by atoms with van der Waals surface area (Å²) in [6.07, 6.45) is 0.845. The smallest absolute Gasteiger partial charge is 0.412 e. The normalized spacial score (nSPS) is 21.7. The number of amides is 3. The number of fused-ring (bicyclic) bond motifs is 1. The van der Waals surface area contributed by atoms with Crippen molar-refractivity contribution in [2.75, 3.05) is 5.32 Å². The van der Waals surface area contributed by atoms with Crippen molar-refractivity contribution >= 4 is 23.8 Å². The Bertz CT molecular complexity index is 799. The van der Waals surface area contributed by atoms with Crippen LogP contribution in [-0.2, 0) is 14.3 Å². The number of anilines is 1. The van der Waals surface area contributed by atoms with E-state index in [2.05, 4.69) is 5.32 Å². The Labute approximate surface area is 190 Å². The zero-order valence-corrected chi connectivity index (χ0v) is 19.9. The van der Waals surface area contributed by atoms with Crippen molar-refractivity contribution in [1.82, 2.24) is 9.80 Å². The van der Waals surface area contributed by atoms with Crippen molar-refractivity contribution in [1.29, 1.82) is 0 Å². The van der Waals surface area contributed by atoms with Crippen LogP contribution in [0.25, 0.3) is 0 Å². The van der Waals surface area contributed by atoms with Crippen LogP contribution in [0.15, 0.2) is 30.3 Å². The van der Waals surface area contributed by atoms with Crippen LogP contribution in [0.2, 0.25) is 0 Å². The van der Waals surface area contributed by atoms with E-state index in [9.17, 15) is 14.4 Å². The molecule has 1 N–H and O–H groups in total. The monoisotopic (exact) mass is 445 g/mol. The first-order valence-electron chi connectivity index (χ1n) is 11.3. The average molecular weight is 446 g/mol. The fourth-order valence-electron chi connectivity index (χ4n) is 4.32. The van der Waals surface area contributed by atoms with Gasteiger partial charge in [0, 0.05) is 5.69 Å². The van der Waals surface area contributed by atoms with Crippen molar-refractivity contribution < 1.29 is 23.9 Å². The van der Waals surface area contributed by atoms with Crippen LogP contribution in [-0.4, -0.2) is 57.3 Å². The molecule has 2 atom stereocenters. The summed E-state index contributed by atoms with van der Waals surface area (Å²) in [6, 6.07) is 8.36. The molecule has 1 saturated heterocycles. The van der Waals surface area contributed by atoms with Gasteiger partial charge in [0.25, 0.3) is 5.91 Å². The van der Waals surface area contributed by atoms with Crippen molar-refractivity contribution in [3.63, 3.8) is 0 Å². The second-order valence-electron chi connectivity index (χ2n) is 10.4. The maximum atomic E-state index is 13.5. The molecular weight excluding hydrogens is 410 g/mol. The summed E-state index contributed by atoms with van der Waals surface area (Å²) < 4.78 is 11.3. The Balaban J connectivity index is 2.00. The van der Waals surface area contributed by atoms with Gasteiger partial charge < -0.3 is 14.8 Å². The SMILES string of the molecule is CC(C)(C)OC(=O)N1C(C(=O)Nc2ccccc2)N(C(=O)OC(C)(C)C)[C@@H]2CCCC[C@H]21. The van der Waals surface area contributed by atoms with Crippen molar-refractivity contribution in [3.05, 3.63) is 30.3 Å². The number of nitrogens with zero attached hydrogens (tertiary/aromatic N) is 2. The van der Waals surface area contributed by atoms with Crippen molar-refractivity contribution in [2.45, 2.75) is 96.7 Å². The Kier molecular flexibility index (Phi) is 6.72. The number of hydrogen-bond donors (Lipinski definition) is 1. The minimum atomic E-state index is -1.16. The molecule has 0 spiro atoms. The van der Waals surface area contributed by atoms with Gasteiger partial charge in [-0.1, -0.05) is 31.0 Å². The molecule has 3 rings (SSSR count). The quantitative estimate of drug-likeness (QED) is 0.710. The van der Waals surface area contributed by atoms with Gasteiger partial charge in [-0.3, -0.25) is 14.6 Å². The summed E-state index contributed by atoms with van der Waals surface area (Å²) in [6.45, 7) is 10.7. The van der Waals surface area contributed by atoms with E-state index >= 15 is 0 Å². The Morgan fingerprint density at radius 3 is 1.66 bits per heavy atom. The minimum absolute atomic E-state index is 0.308. The van der Waals surface area contributed by atoms with Gasteiger partial charge >= 0.3 is 12.2 Å². The van der Waals surface area contributed by atoms with Gasteiger partial charge in [-0.2, -0.15) is 0 Å². The molecule has 1 aromatic carbocycles. The van der Waals surface area contributed by atoms with Crippen molar-refractivity contribution in [2.24, 2.45) is 0 Å². The summed E-state index contributed by atoms with van der Waals surface area (Å²) in [5, 5.41) is 2.85. The highest BCUT2D eigenvalue weighted by Crippen LogP contribution is 2.39. The van der Waals surface area contributed by atoms with E-state index in [1.807, 2.05) is 6.07 Å². The van der Waals surface area contributed by atoms with Gasteiger partial charge in [0.15, 0.2) is 6.17 Å². The lowest BCUT2D eigenvalue weighted by Gasteiger charge is -2.33. The van der Waals surface area contributed by atoms with E-state index in [0.717, 1.165) is 12.8 Å². The molecule has 1 aliphatic carbocycles. The average Bonchev–Trinajstić information content (AvgIpc) is 3.02. The van der Waals surface area contributed by atoms with Crippen LogP contribution < -0.4 is 5.32 Å². The molecule has 8 heteroatoms. The first kappa shape index (κ1) is 23.9. The standard InChI is InChI=1S/C24H35N3O5/c1-23(2,3)31-21(29)26-17-14-10-11-15-18(17)27(22(30)32-24(4,5)6)20(26)19(28)25-16-12-8-7-9-13-16/h7-9,12-13,17-18,20H,10-11,14-15H2,1-6H3,(H,25,28)/t17-,18-/m1/s1. The number of benzene rings is 1. The number of carbonyl (C=O) groups is 3. The maximum Gasteiger partial charge on any atom is 0.412 e. The van der Waals surface area contributed by atoms with E-state index in [0.29, 0.717) is 18.5 Å². The predicted molar refractivity (Wildman–Crippen MR) is 121 cm³/mol. The minimum Gasteiger partial charge on any atom is -0.444 e. The molecular formula is C24H35N3O5. The predicted octanol–water partition coefficient (Wildman–Crippen LogP) is 4.75. The molecule has 2 aliphatic rings. The van der Waals surface area contributed by atoms with Crippen LogP contribution in [0, 0.1) is 0 Å². The Morgan fingerprint density at radius 1 is 0.812 bits per heavy atom. The zero-order valence-electron chi connectivity index (χ0n) is 19.9. The third-order valence-corrected chi connectivity index (χ3v) is 5.42. The maximum absolute atomic E-state index is 13.5. The lowest BCUT2D eigenvalue weighted by molar-refractivity contribution is -0.125. The molecule has 1 aliphatic heterocycles.